The van der Waals surface area contributed by atoms with Crippen LogP contribution in [0, 0.1) is 3.57 Å². The Hall–Kier alpha value is -4.83. The van der Waals surface area contributed by atoms with E-state index in [1.54, 1.807) is 95.5 Å². The first kappa shape index (κ1) is 44.3. The quantitative estimate of drug-likeness (QED) is 0.110. The Balaban J connectivity index is 1.63. The van der Waals surface area contributed by atoms with Crippen molar-refractivity contribution in [2.45, 2.75) is 68.8 Å². The zero-order chi connectivity index (χ0) is 42.3. The number of sulfonamides is 2. The Kier molecular flexibility index (Phi) is 14.4. The molecule has 5 rings (SSSR count). The van der Waals surface area contributed by atoms with Gasteiger partial charge >= 0.3 is 6.09 Å². The van der Waals surface area contributed by atoms with E-state index in [0.717, 1.165) is 5.56 Å². The molecule has 58 heavy (non-hydrogen) atoms. The number of hydrogen-bond acceptors (Lipinski definition) is 12. The number of halogens is 1. The molecular weight excluding hydrogens is 902 g/mol. The van der Waals surface area contributed by atoms with Gasteiger partial charge in [0.05, 0.1) is 33.4 Å². The first-order chi connectivity index (χ1) is 27.4. The second-order valence-electron chi connectivity index (χ2n) is 14.1. The minimum absolute atomic E-state index is 0.0566. The minimum atomic E-state index is -4.75. The van der Waals surface area contributed by atoms with E-state index in [1.807, 2.05) is 34.7 Å². The number of benzene rings is 4. The molecule has 16 nitrogen and oxygen atoms in total. The van der Waals surface area contributed by atoms with Gasteiger partial charge in [-0.3, -0.25) is 0 Å². The number of carbonyl (C=O) groups excluding carboxylic acids is 1. The van der Waals surface area contributed by atoms with Gasteiger partial charge in [0.15, 0.2) is 0 Å². The van der Waals surface area contributed by atoms with E-state index in [9.17, 15) is 13.2 Å². The average Bonchev–Trinajstić information content (AvgIpc) is 3.64. The molecule has 0 saturated heterocycles. The normalized spacial score (nSPS) is 12.6. The molecule has 0 saturated carbocycles. The molecule has 310 valence electrons. The van der Waals surface area contributed by atoms with Crippen molar-refractivity contribution in [2.24, 2.45) is 0 Å². The fourth-order valence-electron chi connectivity index (χ4n) is 5.62. The van der Waals surface area contributed by atoms with E-state index in [1.165, 1.54) is 35.5 Å². The van der Waals surface area contributed by atoms with Gasteiger partial charge < -0.3 is 24.3 Å². The zero-order valence-electron chi connectivity index (χ0n) is 33.1. The lowest BCUT2D eigenvalue weighted by Gasteiger charge is -2.26. The van der Waals surface area contributed by atoms with Gasteiger partial charge in [0, 0.05) is 29.2 Å². The lowest BCUT2D eigenvalue weighted by Crippen LogP contribution is -2.44. The highest BCUT2D eigenvalue weighted by molar-refractivity contribution is 14.1. The summed E-state index contributed by atoms with van der Waals surface area (Å²) in [7, 11) is -4.75. The van der Waals surface area contributed by atoms with Crippen LogP contribution in [0.2, 0.25) is 0 Å². The summed E-state index contributed by atoms with van der Waals surface area (Å²) in [6.45, 7) is 6.29. The molecule has 4 aromatic carbocycles. The van der Waals surface area contributed by atoms with Crippen LogP contribution in [0.5, 0.6) is 17.2 Å². The van der Waals surface area contributed by atoms with Crippen LogP contribution in [0.4, 0.5) is 4.79 Å². The van der Waals surface area contributed by atoms with E-state index in [0.29, 0.717) is 31.9 Å². The summed E-state index contributed by atoms with van der Waals surface area (Å²) in [5, 5.41) is 15.6. The molecule has 1 aromatic heterocycles. The molecule has 1 atom stereocenters. The molecule has 0 radical (unpaired) electrons. The van der Waals surface area contributed by atoms with Crippen LogP contribution in [0.15, 0.2) is 94.7 Å². The number of aromatic nitrogens is 4. The fraction of sp³-hybridized carbons (Fsp3) is 0.333. The molecular formula is C39H46IN7O9S2. The highest BCUT2D eigenvalue weighted by Gasteiger charge is 2.37. The topological polar surface area (TPSA) is 193 Å². The van der Waals surface area contributed by atoms with Gasteiger partial charge in [0.2, 0.25) is 25.9 Å². The van der Waals surface area contributed by atoms with E-state index in [4.69, 9.17) is 18.9 Å². The summed E-state index contributed by atoms with van der Waals surface area (Å²) < 4.78 is 84.7. The summed E-state index contributed by atoms with van der Waals surface area (Å²) in [6.07, 6.45) is -0.740. The summed E-state index contributed by atoms with van der Waals surface area (Å²) in [6, 6.07) is 23.0. The molecule has 1 amide bonds. The van der Waals surface area contributed by atoms with Gasteiger partial charge in [-0.05, 0) is 121 Å². The van der Waals surface area contributed by atoms with Gasteiger partial charge in [-0.25, -0.2) is 26.4 Å². The standard InChI is InChI=1S/C39H46IN7O9S2/c1-26(42-38(48)56-39(2,3)4)22-41-57(49,50)34-21-20-33(40)35(37-43-45-47(44-37)25-29-12-18-32(55-7)19-13-29)36(34)58(51,52)46(23-27-8-14-30(53-5)15-9-27)24-28-10-16-31(54-6)17-11-28/h8-21,26,41H,22-25H2,1-7H3,(H,42,48). The number of carbonyl (C=O) groups is 1. The molecule has 1 heterocycles. The van der Waals surface area contributed by atoms with Crippen LogP contribution in [0.25, 0.3) is 11.4 Å². The molecule has 19 heteroatoms. The van der Waals surface area contributed by atoms with Crippen molar-refractivity contribution in [3.63, 3.8) is 0 Å². The number of amides is 1. The predicted octanol–water partition coefficient (Wildman–Crippen LogP) is 5.60. The van der Waals surface area contributed by atoms with Crippen molar-refractivity contribution in [3.05, 3.63) is 105 Å². The first-order valence-corrected chi connectivity index (χ1v) is 21.9. The number of methoxy groups -OCH3 is 3. The Labute approximate surface area is 352 Å². The third-order valence-corrected chi connectivity index (χ3v) is 12.9. The van der Waals surface area contributed by atoms with Gasteiger partial charge in [-0.1, -0.05) is 36.4 Å². The molecule has 0 aliphatic carbocycles. The maximum Gasteiger partial charge on any atom is 0.407 e. The minimum Gasteiger partial charge on any atom is -0.497 e. The molecule has 0 spiro atoms. The summed E-state index contributed by atoms with van der Waals surface area (Å²) in [5.74, 6) is 1.71. The Bertz CT molecular complexity index is 2360. The maximum absolute atomic E-state index is 15.4. The van der Waals surface area contributed by atoms with E-state index in [2.05, 4.69) is 25.4 Å². The highest BCUT2D eigenvalue weighted by Crippen LogP contribution is 2.38. The van der Waals surface area contributed by atoms with Crippen LogP contribution in [0.1, 0.15) is 44.4 Å². The molecule has 1 unspecified atom stereocenters. The molecule has 0 aliphatic rings. The Morgan fingerprint density at radius 3 is 1.78 bits per heavy atom. The number of nitrogens with one attached hydrogen (secondary N) is 2. The average molecular weight is 948 g/mol. The van der Waals surface area contributed by atoms with Gasteiger partial charge in [0.25, 0.3) is 0 Å². The van der Waals surface area contributed by atoms with Crippen molar-refractivity contribution in [1.29, 1.82) is 0 Å². The first-order valence-electron chi connectivity index (χ1n) is 17.9. The van der Waals surface area contributed by atoms with E-state index >= 15 is 8.42 Å². The number of alkyl carbamates (subject to hydrolysis) is 1. The Morgan fingerprint density at radius 1 is 0.793 bits per heavy atom. The lowest BCUT2D eigenvalue weighted by molar-refractivity contribution is 0.0509. The largest absolute Gasteiger partial charge is 0.497 e. The van der Waals surface area contributed by atoms with Crippen molar-refractivity contribution >= 4 is 48.7 Å². The Morgan fingerprint density at radius 2 is 1.29 bits per heavy atom. The second-order valence-corrected chi connectivity index (χ2v) is 18.9. The zero-order valence-corrected chi connectivity index (χ0v) is 36.9. The van der Waals surface area contributed by atoms with Crippen LogP contribution < -0.4 is 24.2 Å². The summed E-state index contributed by atoms with van der Waals surface area (Å²) in [5.41, 5.74) is 1.19. The number of nitrogens with zero attached hydrogens (tertiary/aromatic N) is 5. The summed E-state index contributed by atoms with van der Waals surface area (Å²) >= 11 is 1.94. The monoisotopic (exact) mass is 947 g/mol. The number of tetrazole rings is 1. The van der Waals surface area contributed by atoms with Crippen LogP contribution in [-0.2, 0) is 44.4 Å². The van der Waals surface area contributed by atoms with Gasteiger partial charge in [-0.15, -0.1) is 10.2 Å². The molecule has 2 N–H and O–H groups in total. The van der Waals surface area contributed by atoms with Crippen LogP contribution in [0.3, 0.4) is 0 Å². The molecule has 5 aromatic rings. The maximum atomic E-state index is 15.4. The smallest absolute Gasteiger partial charge is 0.407 e. The molecule has 0 bridgehead atoms. The fourth-order valence-corrected chi connectivity index (χ4v) is 10.0. The van der Waals surface area contributed by atoms with Crippen molar-refractivity contribution in [1.82, 2.24) is 34.6 Å². The lowest BCUT2D eigenvalue weighted by atomic mass is 10.2. The van der Waals surface area contributed by atoms with E-state index in [-0.39, 0.29) is 37.6 Å². The molecule has 0 aliphatic heterocycles. The summed E-state index contributed by atoms with van der Waals surface area (Å²) in [4.78, 5) is 12.6. The van der Waals surface area contributed by atoms with Crippen molar-refractivity contribution in [2.75, 3.05) is 27.9 Å². The number of hydrogen-bond donors (Lipinski definition) is 2. The van der Waals surface area contributed by atoms with Crippen LogP contribution in [-0.4, -0.2) is 87.0 Å². The van der Waals surface area contributed by atoms with E-state index < -0.39 is 47.6 Å². The van der Waals surface area contributed by atoms with Crippen molar-refractivity contribution < 1.29 is 40.6 Å². The SMILES string of the molecule is COc1ccc(CN(Cc2ccc(OC)cc2)S(=O)(=O)c2c(S(=O)(=O)NCC(C)NC(=O)OC(C)(C)C)ccc(I)c2-c2nnn(Cc3ccc(OC)cc3)n2)cc1. The third kappa shape index (κ3) is 11.4. The predicted molar refractivity (Wildman–Crippen MR) is 225 cm³/mol. The number of ether oxygens (including phenoxy) is 4. The number of rotatable bonds is 17. The molecule has 0 fully saturated rings. The van der Waals surface area contributed by atoms with Crippen LogP contribution >= 0.6 is 22.6 Å². The van der Waals surface area contributed by atoms with Crippen molar-refractivity contribution in [3.8, 4) is 28.6 Å². The van der Waals surface area contributed by atoms with Gasteiger partial charge in [0.1, 0.15) is 32.6 Å². The van der Waals surface area contributed by atoms with Gasteiger partial charge in [-0.2, -0.15) is 9.10 Å². The second kappa shape index (κ2) is 18.8. The third-order valence-electron chi connectivity index (χ3n) is 8.50. The highest BCUT2D eigenvalue weighted by atomic mass is 127.